The Morgan fingerprint density at radius 2 is 1.90 bits per heavy atom. The molecule has 29 heavy (non-hydrogen) atoms. The predicted molar refractivity (Wildman–Crippen MR) is 110 cm³/mol. The number of anilines is 1. The van der Waals surface area contributed by atoms with Crippen LogP contribution in [0.4, 0.5) is 10.5 Å². The first kappa shape index (κ1) is 20.8. The van der Waals surface area contributed by atoms with E-state index in [1.165, 1.54) is 12.0 Å². The smallest absolute Gasteiger partial charge is 0.322 e. The molecular weight excluding hydrogens is 396 g/mol. The van der Waals surface area contributed by atoms with Gasteiger partial charge in [-0.05, 0) is 54.3 Å². The van der Waals surface area contributed by atoms with E-state index in [0.29, 0.717) is 35.2 Å². The highest BCUT2D eigenvalue weighted by Gasteiger charge is 2.34. The normalized spacial score (nSPS) is 15.4. The number of urea groups is 1. The maximum absolute atomic E-state index is 13.0. The number of carboxylic acid groups (broad SMARTS) is 1. The number of benzene rings is 2. The Labute approximate surface area is 174 Å². The van der Waals surface area contributed by atoms with Crippen LogP contribution >= 0.6 is 11.6 Å². The third kappa shape index (κ3) is 4.40. The average Bonchev–Trinajstić information content (AvgIpc) is 2.68. The summed E-state index contributed by atoms with van der Waals surface area (Å²) in [6.07, 6.45) is 0.346. The van der Waals surface area contributed by atoms with Crippen molar-refractivity contribution >= 4 is 29.3 Å². The summed E-state index contributed by atoms with van der Waals surface area (Å²) in [7, 11) is 3.07. The van der Waals surface area contributed by atoms with Crippen molar-refractivity contribution in [3.63, 3.8) is 0 Å². The van der Waals surface area contributed by atoms with Crippen LogP contribution in [-0.2, 0) is 11.2 Å². The van der Waals surface area contributed by atoms with Crippen molar-refractivity contribution in [3.05, 3.63) is 52.0 Å². The van der Waals surface area contributed by atoms with Gasteiger partial charge in [-0.3, -0.25) is 4.79 Å². The predicted octanol–water partition coefficient (Wildman–Crippen LogP) is 4.27. The molecule has 0 fully saturated rings. The lowest BCUT2D eigenvalue weighted by Gasteiger charge is -2.37. The van der Waals surface area contributed by atoms with Crippen LogP contribution < -0.4 is 14.8 Å². The van der Waals surface area contributed by atoms with Gasteiger partial charge in [0.25, 0.3) is 0 Å². The fourth-order valence-corrected chi connectivity index (χ4v) is 3.85. The fourth-order valence-electron chi connectivity index (χ4n) is 3.57. The Kier molecular flexibility index (Phi) is 6.17. The molecule has 0 saturated carbocycles. The molecule has 0 bridgehead atoms. The fraction of sp³-hybridized carbons (Fsp3) is 0.333. The number of rotatable bonds is 5. The van der Waals surface area contributed by atoms with Crippen molar-refractivity contribution in [2.45, 2.75) is 25.8 Å². The van der Waals surface area contributed by atoms with Crippen molar-refractivity contribution in [1.29, 1.82) is 0 Å². The minimum Gasteiger partial charge on any atom is -0.493 e. The Hall–Kier alpha value is -2.93. The molecule has 2 aromatic carbocycles. The third-order valence-corrected chi connectivity index (χ3v) is 5.31. The molecule has 0 aliphatic carbocycles. The number of aliphatic carboxylic acids is 1. The van der Waals surface area contributed by atoms with E-state index in [1.54, 1.807) is 25.3 Å². The highest BCUT2D eigenvalue weighted by Crippen LogP contribution is 2.39. The van der Waals surface area contributed by atoms with Gasteiger partial charge < -0.3 is 24.8 Å². The summed E-state index contributed by atoms with van der Waals surface area (Å²) in [4.78, 5) is 26.1. The van der Waals surface area contributed by atoms with Crippen LogP contribution in [0.1, 0.15) is 29.2 Å². The molecule has 0 aromatic heterocycles. The molecule has 3 rings (SSSR count). The summed E-state index contributed by atoms with van der Waals surface area (Å²) < 4.78 is 10.7. The van der Waals surface area contributed by atoms with E-state index in [9.17, 15) is 14.7 Å². The van der Waals surface area contributed by atoms with Gasteiger partial charge in [-0.25, -0.2) is 4.79 Å². The Morgan fingerprint density at radius 3 is 2.52 bits per heavy atom. The van der Waals surface area contributed by atoms with Gasteiger partial charge in [-0.15, -0.1) is 0 Å². The summed E-state index contributed by atoms with van der Waals surface area (Å²) in [6, 6.07) is 7.89. The van der Waals surface area contributed by atoms with E-state index in [-0.39, 0.29) is 6.42 Å². The largest absolute Gasteiger partial charge is 0.493 e. The molecule has 0 spiro atoms. The Morgan fingerprint density at radius 1 is 1.21 bits per heavy atom. The van der Waals surface area contributed by atoms with Crippen molar-refractivity contribution in [2.75, 3.05) is 26.1 Å². The molecule has 2 N–H and O–H groups in total. The van der Waals surface area contributed by atoms with E-state index in [1.807, 2.05) is 19.1 Å². The first-order chi connectivity index (χ1) is 13.8. The number of nitrogens with one attached hydrogen (secondary N) is 1. The van der Waals surface area contributed by atoms with Gasteiger partial charge in [0.2, 0.25) is 0 Å². The van der Waals surface area contributed by atoms with Crippen molar-refractivity contribution in [2.24, 2.45) is 0 Å². The number of amides is 2. The molecule has 1 heterocycles. The first-order valence-electron chi connectivity index (χ1n) is 9.14. The van der Waals surface area contributed by atoms with Crippen molar-refractivity contribution in [1.82, 2.24) is 4.90 Å². The molecule has 2 amide bonds. The maximum Gasteiger partial charge on any atom is 0.322 e. The topological polar surface area (TPSA) is 88.1 Å². The number of methoxy groups -OCH3 is 2. The summed E-state index contributed by atoms with van der Waals surface area (Å²) >= 11 is 6.23. The monoisotopic (exact) mass is 418 g/mol. The lowest BCUT2D eigenvalue weighted by molar-refractivity contribution is -0.138. The standard InChI is InChI=1S/C21H23ClN2O5/c1-12-4-5-16(15(22)8-12)23-21(27)24-7-6-13-9-18(28-2)19(29-3)10-14(13)17(24)11-20(25)26/h4-5,8-10,17H,6-7,11H2,1-3H3,(H,23,27)(H,25,26). The maximum atomic E-state index is 13.0. The second-order valence-electron chi connectivity index (χ2n) is 6.88. The highest BCUT2D eigenvalue weighted by molar-refractivity contribution is 6.33. The second kappa shape index (κ2) is 8.61. The van der Waals surface area contributed by atoms with Gasteiger partial charge in [-0.1, -0.05) is 17.7 Å². The Bertz CT molecular complexity index is 947. The molecule has 1 unspecified atom stereocenters. The number of carbonyl (C=O) groups is 2. The summed E-state index contributed by atoms with van der Waals surface area (Å²) in [6.45, 7) is 2.28. The van der Waals surface area contributed by atoms with E-state index in [0.717, 1.165) is 16.7 Å². The number of hydrogen-bond donors (Lipinski definition) is 2. The summed E-state index contributed by atoms with van der Waals surface area (Å²) in [5.41, 5.74) is 3.13. The number of hydrogen-bond acceptors (Lipinski definition) is 4. The summed E-state index contributed by atoms with van der Waals surface area (Å²) in [5.74, 6) is 0.0685. The van der Waals surface area contributed by atoms with Gasteiger partial charge >= 0.3 is 12.0 Å². The van der Waals surface area contributed by atoms with E-state index < -0.39 is 18.0 Å². The lowest BCUT2D eigenvalue weighted by Crippen LogP contribution is -2.43. The quantitative estimate of drug-likeness (QED) is 0.756. The van der Waals surface area contributed by atoms with Gasteiger partial charge in [0.15, 0.2) is 11.5 Å². The van der Waals surface area contributed by atoms with Crippen LogP contribution in [0.2, 0.25) is 5.02 Å². The van der Waals surface area contributed by atoms with Crippen molar-refractivity contribution < 1.29 is 24.2 Å². The number of nitrogens with zero attached hydrogens (tertiary/aromatic N) is 1. The van der Waals surface area contributed by atoms with Gasteiger partial charge in [-0.2, -0.15) is 0 Å². The average molecular weight is 419 g/mol. The van der Waals surface area contributed by atoms with E-state index in [4.69, 9.17) is 21.1 Å². The minimum absolute atomic E-state index is 0.225. The third-order valence-electron chi connectivity index (χ3n) is 5.00. The number of carboxylic acids is 1. The zero-order chi connectivity index (χ0) is 21.1. The number of aryl methyl sites for hydroxylation is 1. The van der Waals surface area contributed by atoms with Crippen molar-refractivity contribution in [3.8, 4) is 11.5 Å². The number of fused-ring (bicyclic) bond motifs is 1. The lowest BCUT2D eigenvalue weighted by atomic mass is 9.90. The number of halogens is 1. The first-order valence-corrected chi connectivity index (χ1v) is 9.52. The molecular formula is C21H23ClN2O5. The molecule has 1 aliphatic heterocycles. The van der Waals surface area contributed by atoms with Crippen LogP contribution in [0.3, 0.4) is 0 Å². The number of ether oxygens (including phenoxy) is 2. The SMILES string of the molecule is COc1cc2c(cc1OC)C(CC(=O)O)N(C(=O)Nc1ccc(C)cc1Cl)CC2. The zero-order valence-corrected chi connectivity index (χ0v) is 17.2. The molecule has 0 radical (unpaired) electrons. The van der Waals surface area contributed by atoms with Crippen LogP contribution in [-0.4, -0.2) is 42.8 Å². The van der Waals surface area contributed by atoms with Crippen LogP contribution in [0, 0.1) is 6.92 Å². The molecule has 8 heteroatoms. The zero-order valence-electron chi connectivity index (χ0n) is 16.5. The van der Waals surface area contributed by atoms with Gasteiger partial charge in [0, 0.05) is 6.54 Å². The van der Waals surface area contributed by atoms with E-state index >= 15 is 0 Å². The Balaban J connectivity index is 1.94. The highest BCUT2D eigenvalue weighted by atomic mass is 35.5. The molecule has 1 aliphatic rings. The molecule has 7 nitrogen and oxygen atoms in total. The van der Waals surface area contributed by atoms with E-state index in [2.05, 4.69) is 5.32 Å². The second-order valence-corrected chi connectivity index (χ2v) is 7.28. The summed E-state index contributed by atoms with van der Waals surface area (Å²) in [5, 5.41) is 12.7. The molecule has 0 saturated heterocycles. The molecule has 154 valence electrons. The van der Waals surface area contributed by atoms with Crippen LogP contribution in [0.5, 0.6) is 11.5 Å². The van der Waals surface area contributed by atoms with Gasteiger partial charge in [0.1, 0.15) is 0 Å². The van der Waals surface area contributed by atoms with Gasteiger partial charge in [0.05, 0.1) is 37.4 Å². The van der Waals surface area contributed by atoms with Crippen LogP contribution in [0.15, 0.2) is 30.3 Å². The minimum atomic E-state index is -0.996. The van der Waals surface area contributed by atoms with Crippen LogP contribution in [0.25, 0.3) is 0 Å². The molecule has 1 atom stereocenters. The number of carbonyl (C=O) groups excluding carboxylic acids is 1. The molecule has 2 aromatic rings.